The van der Waals surface area contributed by atoms with Crippen molar-refractivity contribution in [1.82, 2.24) is 0 Å². The third kappa shape index (κ3) is 2.63. The molecule has 0 radical (unpaired) electrons. The van der Waals surface area contributed by atoms with Crippen LogP contribution in [-0.4, -0.2) is 6.61 Å². The van der Waals surface area contributed by atoms with Gasteiger partial charge in [-0.2, -0.15) is 0 Å². The average Bonchev–Trinajstić information content (AvgIpc) is 2.20. The van der Waals surface area contributed by atoms with Gasteiger partial charge in [0.25, 0.3) is 0 Å². The summed E-state index contributed by atoms with van der Waals surface area (Å²) in [5, 5.41) is 0.633. The monoisotopic (exact) mass is 213 g/mol. The molecular formula is C11H16ClNO. The first kappa shape index (κ1) is 11.3. The molecule has 1 unspecified atom stereocenters. The molecule has 0 aliphatic heterocycles. The van der Waals surface area contributed by atoms with Crippen LogP contribution < -0.4 is 10.5 Å². The smallest absolute Gasteiger partial charge is 0.137 e. The molecule has 78 valence electrons. The maximum Gasteiger partial charge on any atom is 0.137 e. The van der Waals surface area contributed by atoms with Gasteiger partial charge in [-0.25, -0.2) is 0 Å². The van der Waals surface area contributed by atoms with Gasteiger partial charge in [0.2, 0.25) is 0 Å². The molecular weight excluding hydrogens is 198 g/mol. The minimum Gasteiger partial charge on any atom is -0.492 e. The van der Waals surface area contributed by atoms with E-state index in [-0.39, 0.29) is 6.04 Å². The fourth-order valence-corrected chi connectivity index (χ4v) is 1.50. The highest BCUT2D eigenvalue weighted by Gasteiger charge is 2.07. The second-order valence-corrected chi connectivity index (χ2v) is 3.54. The van der Waals surface area contributed by atoms with E-state index in [1.807, 2.05) is 25.1 Å². The van der Waals surface area contributed by atoms with Gasteiger partial charge < -0.3 is 10.5 Å². The molecule has 0 aliphatic carbocycles. The van der Waals surface area contributed by atoms with E-state index in [0.29, 0.717) is 11.6 Å². The Bertz CT molecular complexity index is 301. The van der Waals surface area contributed by atoms with Crippen LogP contribution in [0.1, 0.15) is 31.9 Å². The zero-order valence-corrected chi connectivity index (χ0v) is 9.34. The van der Waals surface area contributed by atoms with Crippen molar-refractivity contribution in [1.29, 1.82) is 0 Å². The van der Waals surface area contributed by atoms with Crippen LogP contribution in [0, 0.1) is 0 Å². The predicted octanol–water partition coefficient (Wildman–Crippen LogP) is 3.15. The van der Waals surface area contributed by atoms with Crippen LogP contribution in [0.3, 0.4) is 0 Å². The third-order valence-corrected chi connectivity index (χ3v) is 2.42. The molecule has 0 amide bonds. The van der Waals surface area contributed by atoms with Crippen LogP contribution in [0.25, 0.3) is 0 Å². The van der Waals surface area contributed by atoms with E-state index < -0.39 is 0 Å². The normalized spacial score (nSPS) is 12.6. The molecule has 1 atom stereocenters. The second-order valence-electron chi connectivity index (χ2n) is 3.14. The van der Waals surface area contributed by atoms with Gasteiger partial charge in [-0.15, -0.1) is 0 Å². The fourth-order valence-electron chi connectivity index (χ4n) is 1.26. The molecule has 0 saturated carbocycles. The molecule has 1 rings (SSSR count). The van der Waals surface area contributed by atoms with E-state index in [1.165, 1.54) is 0 Å². The molecule has 0 spiro atoms. The van der Waals surface area contributed by atoms with Gasteiger partial charge in [-0.3, -0.25) is 0 Å². The van der Waals surface area contributed by atoms with Gasteiger partial charge in [0.15, 0.2) is 0 Å². The SMILES string of the molecule is CCOc1ccc(C(N)CC)cc1Cl. The van der Waals surface area contributed by atoms with Crippen LogP contribution in [0.2, 0.25) is 5.02 Å². The van der Waals surface area contributed by atoms with Crippen LogP contribution in [0.15, 0.2) is 18.2 Å². The quantitative estimate of drug-likeness (QED) is 0.834. The summed E-state index contributed by atoms with van der Waals surface area (Å²) in [7, 11) is 0. The number of halogens is 1. The largest absolute Gasteiger partial charge is 0.492 e. The van der Waals surface area contributed by atoms with Crippen molar-refractivity contribution < 1.29 is 4.74 Å². The summed E-state index contributed by atoms with van der Waals surface area (Å²) in [4.78, 5) is 0. The summed E-state index contributed by atoms with van der Waals surface area (Å²) in [6.07, 6.45) is 0.907. The van der Waals surface area contributed by atoms with Gasteiger partial charge in [0.1, 0.15) is 5.75 Å². The van der Waals surface area contributed by atoms with Crippen molar-refractivity contribution in [3.63, 3.8) is 0 Å². The lowest BCUT2D eigenvalue weighted by molar-refractivity contribution is 0.340. The average molecular weight is 214 g/mol. The van der Waals surface area contributed by atoms with E-state index in [2.05, 4.69) is 6.92 Å². The Morgan fingerprint density at radius 3 is 2.64 bits per heavy atom. The Morgan fingerprint density at radius 1 is 1.43 bits per heavy atom. The molecule has 0 fully saturated rings. The maximum absolute atomic E-state index is 6.03. The molecule has 2 N–H and O–H groups in total. The van der Waals surface area contributed by atoms with Crippen LogP contribution in [0.4, 0.5) is 0 Å². The lowest BCUT2D eigenvalue weighted by Gasteiger charge is -2.11. The topological polar surface area (TPSA) is 35.2 Å². The minimum atomic E-state index is 0.0585. The Labute approximate surface area is 90.0 Å². The van der Waals surface area contributed by atoms with Gasteiger partial charge in [-0.1, -0.05) is 24.6 Å². The van der Waals surface area contributed by atoms with E-state index in [9.17, 15) is 0 Å². The summed E-state index contributed by atoms with van der Waals surface area (Å²) in [5.74, 6) is 0.723. The third-order valence-electron chi connectivity index (χ3n) is 2.12. The lowest BCUT2D eigenvalue weighted by atomic mass is 10.1. The predicted molar refractivity (Wildman–Crippen MR) is 59.8 cm³/mol. The van der Waals surface area contributed by atoms with Crippen molar-refractivity contribution in [2.75, 3.05) is 6.61 Å². The number of benzene rings is 1. The standard InChI is InChI=1S/C11H16ClNO/c1-3-10(13)8-5-6-11(14-4-2)9(12)7-8/h5-7,10H,3-4,13H2,1-2H3. The Morgan fingerprint density at radius 2 is 2.14 bits per heavy atom. The lowest BCUT2D eigenvalue weighted by Crippen LogP contribution is -2.08. The van der Waals surface area contributed by atoms with Gasteiger partial charge in [0.05, 0.1) is 11.6 Å². The highest BCUT2D eigenvalue weighted by Crippen LogP contribution is 2.27. The Kier molecular flexibility index (Phi) is 4.23. The van der Waals surface area contributed by atoms with Crippen molar-refractivity contribution in [2.45, 2.75) is 26.3 Å². The zero-order valence-electron chi connectivity index (χ0n) is 8.59. The van der Waals surface area contributed by atoms with Gasteiger partial charge >= 0.3 is 0 Å². The number of nitrogens with two attached hydrogens (primary N) is 1. The summed E-state index contributed by atoms with van der Waals surface area (Å²) >= 11 is 6.03. The molecule has 3 heteroatoms. The van der Waals surface area contributed by atoms with Crippen LogP contribution >= 0.6 is 11.6 Å². The number of rotatable bonds is 4. The Balaban J connectivity index is 2.88. The van der Waals surface area contributed by atoms with Gasteiger partial charge in [0, 0.05) is 6.04 Å². The molecule has 14 heavy (non-hydrogen) atoms. The summed E-state index contributed by atoms with van der Waals surface area (Å²) in [6, 6.07) is 5.77. The molecule has 0 saturated heterocycles. The molecule has 0 bridgehead atoms. The summed E-state index contributed by atoms with van der Waals surface area (Å²) in [5.41, 5.74) is 6.94. The van der Waals surface area contributed by atoms with Crippen LogP contribution in [0.5, 0.6) is 5.75 Å². The van der Waals surface area contributed by atoms with E-state index in [0.717, 1.165) is 17.7 Å². The molecule has 1 aromatic rings. The number of hydrogen-bond donors (Lipinski definition) is 1. The molecule has 0 heterocycles. The Hall–Kier alpha value is -0.730. The zero-order chi connectivity index (χ0) is 10.6. The first-order valence-electron chi connectivity index (χ1n) is 4.86. The van der Waals surface area contributed by atoms with Crippen molar-refractivity contribution in [3.05, 3.63) is 28.8 Å². The maximum atomic E-state index is 6.03. The molecule has 2 nitrogen and oxygen atoms in total. The van der Waals surface area contributed by atoms with E-state index in [4.69, 9.17) is 22.1 Å². The first-order valence-corrected chi connectivity index (χ1v) is 5.24. The van der Waals surface area contributed by atoms with Crippen molar-refractivity contribution >= 4 is 11.6 Å². The van der Waals surface area contributed by atoms with E-state index in [1.54, 1.807) is 0 Å². The molecule has 0 aliphatic rings. The highest BCUT2D eigenvalue weighted by molar-refractivity contribution is 6.32. The first-order chi connectivity index (χ1) is 6.69. The number of ether oxygens (including phenoxy) is 1. The summed E-state index contributed by atoms with van der Waals surface area (Å²) in [6.45, 7) is 4.61. The second kappa shape index (κ2) is 5.23. The van der Waals surface area contributed by atoms with Crippen molar-refractivity contribution in [2.24, 2.45) is 5.73 Å². The fraction of sp³-hybridized carbons (Fsp3) is 0.455. The number of hydrogen-bond acceptors (Lipinski definition) is 2. The highest BCUT2D eigenvalue weighted by atomic mass is 35.5. The van der Waals surface area contributed by atoms with Crippen molar-refractivity contribution in [3.8, 4) is 5.75 Å². The molecule has 0 aromatic heterocycles. The van der Waals surface area contributed by atoms with Crippen LogP contribution in [-0.2, 0) is 0 Å². The van der Waals surface area contributed by atoms with Gasteiger partial charge in [-0.05, 0) is 31.0 Å². The molecule has 1 aromatic carbocycles. The summed E-state index contributed by atoms with van der Waals surface area (Å²) < 4.78 is 5.33. The van der Waals surface area contributed by atoms with E-state index >= 15 is 0 Å². The minimum absolute atomic E-state index is 0.0585.